The fourth-order valence-corrected chi connectivity index (χ4v) is 6.68. The molecule has 3 aliphatic carbocycles. The van der Waals surface area contributed by atoms with E-state index < -0.39 is 0 Å². The number of fused-ring (bicyclic) bond motifs is 1. The molecule has 4 aliphatic rings. The van der Waals surface area contributed by atoms with E-state index >= 15 is 0 Å². The Labute approximate surface area is 225 Å². The molecule has 4 N–H and O–H groups in total. The van der Waals surface area contributed by atoms with Gasteiger partial charge in [-0.05, 0) is 69.3 Å². The number of allylic oxidation sites excluding steroid dienone is 4. The molecule has 0 atom stereocenters. The number of piperidine rings is 1. The van der Waals surface area contributed by atoms with Gasteiger partial charge in [0.1, 0.15) is 0 Å². The number of aromatic nitrogens is 4. The molecule has 0 aromatic carbocycles. The van der Waals surface area contributed by atoms with Crippen molar-refractivity contribution in [1.29, 1.82) is 0 Å². The molecular weight excluding hydrogens is 480 g/mol. The monoisotopic (exact) mass is 520 g/mol. The van der Waals surface area contributed by atoms with Crippen LogP contribution in [-0.4, -0.2) is 54.6 Å². The Kier molecular flexibility index (Phi) is 7.53. The van der Waals surface area contributed by atoms with Gasteiger partial charge in [0.15, 0.2) is 17.0 Å². The van der Waals surface area contributed by atoms with Crippen LogP contribution in [0.4, 0.5) is 11.8 Å². The quantitative estimate of drug-likeness (QED) is 0.423. The molecule has 0 spiro atoms. The minimum atomic E-state index is 0.326. The molecule has 3 fully saturated rings. The summed E-state index contributed by atoms with van der Waals surface area (Å²) in [5, 5.41) is 5.94. The number of nitrogens with zero attached hydrogens (tertiary/aromatic N) is 5. The highest BCUT2D eigenvalue weighted by Crippen LogP contribution is 2.34. The summed E-state index contributed by atoms with van der Waals surface area (Å²) in [6.07, 6.45) is 22.0. The summed E-state index contributed by atoms with van der Waals surface area (Å²) in [6.45, 7) is 1.97. The zero-order chi connectivity index (χ0) is 25.2. The SMILES string of the molecule is NC1CCC(Nc2nc(NN3CCC(CC4=CC=CCC4=S)CC3)c3ncn(C4CCCC4)c3n2)CC1. The maximum absolute atomic E-state index is 6.14. The number of nitrogens with one attached hydrogen (secondary N) is 2. The van der Waals surface area contributed by atoms with Crippen LogP contribution in [0.1, 0.15) is 83.1 Å². The first kappa shape index (κ1) is 24.9. The highest BCUT2D eigenvalue weighted by atomic mass is 32.1. The van der Waals surface area contributed by atoms with Crippen LogP contribution in [-0.2, 0) is 0 Å². The molecule has 2 aromatic heterocycles. The van der Waals surface area contributed by atoms with E-state index in [-0.39, 0.29) is 0 Å². The standard InChI is InChI=1S/C28H40N8S/c29-21-9-11-22(12-10-21)31-28-32-26(25-27(33-28)36(18-30-25)23-6-2-3-7-23)34-35-15-13-19(14-16-35)17-20-5-1-4-8-24(20)37/h1,4-5,18-19,21-23H,2-3,6-17,29H2,(H2,31,32,33,34). The van der Waals surface area contributed by atoms with Crippen LogP contribution in [0.15, 0.2) is 30.1 Å². The maximum Gasteiger partial charge on any atom is 0.227 e. The summed E-state index contributed by atoms with van der Waals surface area (Å²) in [4.78, 5) is 15.9. The van der Waals surface area contributed by atoms with Gasteiger partial charge in [-0.25, -0.2) is 9.99 Å². The third-order valence-electron chi connectivity index (χ3n) is 8.73. The van der Waals surface area contributed by atoms with Gasteiger partial charge < -0.3 is 21.0 Å². The van der Waals surface area contributed by atoms with E-state index in [9.17, 15) is 0 Å². The first-order valence-electron chi connectivity index (χ1n) is 14.3. The van der Waals surface area contributed by atoms with E-state index in [0.717, 1.165) is 86.3 Å². The lowest BCUT2D eigenvalue weighted by atomic mass is 9.87. The lowest BCUT2D eigenvalue weighted by Crippen LogP contribution is -2.38. The van der Waals surface area contributed by atoms with Crippen molar-refractivity contribution in [2.24, 2.45) is 11.7 Å². The van der Waals surface area contributed by atoms with E-state index in [2.05, 4.69) is 38.5 Å². The second-order valence-electron chi connectivity index (χ2n) is 11.4. The third-order valence-corrected chi connectivity index (χ3v) is 9.16. The lowest BCUT2D eigenvalue weighted by molar-refractivity contribution is 0.217. The van der Waals surface area contributed by atoms with Gasteiger partial charge in [-0.1, -0.05) is 43.3 Å². The molecular formula is C28H40N8S. The lowest BCUT2D eigenvalue weighted by Gasteiger charge is -2.33. The minimum Gasteiger partial charge on any atom is -0.351 e. The normalized spacial score (nSPS) is 26.1. The van der Waals surface area contributed by atoms with Crippen molar-refractivity contribution in [3.05, 3.63) is 30.1 Å². The van der Waals surface area contributed by atoms with Crippen molar-refractivity contribution in [1.82, 2.24) is 24.5 Å². The van der Waals surface area contributed by atoms with Crippen LogP contribution in [0.3, 0.4) is 0 Å². The summed E-state index contributed by atoms with van der Waals surface area (Å²) in [5.41, 5.74) is 13.0. The average molecular weight is 521 g/mol. The molecule has 1 saturated heterocycles. The van der Waals surface area contributed by atoms with Crippen LogP contribution in [0.5, 0.6) is 0 Å². The largest absolute Gasteiger partial charge is 0.351 e. The number of rotatable bonds is 7. The van der Waals surface area contributed by atoms with Gasteiger partial charge in [0.2, 0.25) is 5.95 Å². The number of imidazole rings is 1. The molecule has 6 rings (SSSR count). The van der Waals surface area contributed by atoms with E-state index in [0.29, 0.717) is 30.0 Å². The summed E-state index contributed by atoms with van der Waals surface area (Å²) in [7, 11) is 0. The summed E-state index contributed by atoms with van der Waals surface area (Å²) in [5.74, 6) is 2.20. The zero-order valence-electron chi connectivity index (χ0n) is 21.7. The van der Waals surface area contributed by atoms with Gasteiger partial charge >= 0.3 is 0 Å². The topological polar surface area (TPSA) is 96.9 Å². The van der Waals surface area contributed by atoms with E-state index in [1.54, 1.807) is 0 Å². The van der Waals surface area contributed by atoms with Gasteiger partial charge in [0, 0.05) is 42.5 Å². The predicted octanol–water partition coefficient (Wildman–Crippen LogP) is 5.31. The molecule has 9 heteroatoms. The van der Waals surface area contributed by atoms with Crippen LogP contribution < -0.4 is 16.5 Å². The van der Waals surface area contributed by atoms with Gasteiger partial charge in [-0.2, -0.15) is 9.97 Å². The second-order valence-corrected chi connectivity index (χ2v) is 11.9. The maximum atomic E-state index is 6.14. The van der Waals surface area contributed by atoms with Gasteiger partial charge in [0.25, 0.3) is 0 Å². The van der Waals surface area contributed by atoms with E-state index in [1.807, 2.05) is 6.33 Å². The van der Waals surface area contributed by atoms with Crippen LogP contribution in [0, 0.1) is 5.92 Å². The first-order chi connectivity index (χ1) is 18.1. The molecule has 0 bridgehead atoms. The molecule has 2 aromatic rings. The molecule has 0 unspecified atom stereocenters. The smallest absolute Gasteiger partial charge is 0.227 e. The van der Waals surface area contributed by atoms with Crippen molar-refractivity contribution in [2.45, 2.75) is 95.2 Å². The number of nitrogens with two attached hydrogens (primary N) is 1. The van der Waals surface area contributed by atoms with Crippen LogP contribution in [0.25, 0.3) is 11.2 Å². The summed E-state index contributed by atoms with van der Waals surface area (Å²) in [6, 6.07) is 1.18. The number of anilines is 2. The highest BCUT2D eigenvalue weighted by Gasteiger charge is 2.26. The zero-order valence-corrected chi connectivity index (χ0v) is 22.6. The highest BCUT2D eigenvalue weighted by molar-refractivity contribution is 7.80. The Bertz CT molecular complexity index is 1160. The molecule has 2 saturated carbocycles. The summed E-state index contributed by atoms with van der Waals surface area (Å²) >= 11 is 5.59. The number of hydrazine groups is 1. The Hall–Kier alpha value is -2.36. The van der Waals surface area contributed by atoms with Gasteiger partial charge in [0.05, 0.1) is 6.33 Å². The number of hydrogen-bond donors (Lipinski definition) is 3. The second kappa shape index (κ2) is 11.2. The molecule has 3 heterocycles. The fourth-order valence-electron chi connectivity index (χ4n) is 6.43. The molecule has 37 heavy (non-hydrogen) atoms. The minimum absolute atomic E-state index is 0.326. The molecule has 8 nitrogen and oxygen atoms in total. The van der Waals surface area contributed by atoms with E-state index in [1.165, 1.54) is 31.3 Å². The molecule has 1 aliphatic heterocycles. The molecule has 0 amide bonds. The van der Waals surface area contributed by atoms with Crippen LogP contribution >= 0.6 is 12.2 Å². The van der Waals surface area contributed by atoms with Crippen molar-refractivity contribution in [3.8, 4) is 0 Å². The number of thiocarbonyl (C=S) groups is 1. The first-order valence-corrected chi connectivity index (χ1v) is 14.7. The van der Waals surface area contributed by atoms with Crippen molar-refractivity contribution < 1.29 is 0 Å². The van der Waals surface area contributed by atoms with Crippen molar-refractivity contribution in [2.75, 3.05) is 23.8 Å². The summed E-state index contributed by atoms with van der Waals surface area (Å²) < 4.78 is 2.29. The predicted molar refractivity (Wildman–Crippen MR) is 154 cm³/mol. The Morgan fingerprint density at radius 3 is 2.54 bits per heavy atom. The van der Waals surface area contributed by atoms with Crippen molar-refractivity contribution in [3.63, 3.8) is 0 Å². The fraction of sp³-hybridized carbons (Fsp3) is 0.643. The van der Waals surface area contributed by atoms with Crippen molar-refractivity contribution >= 4 is 40.0 Å². The Balaban J connectivity index is 1.18. The number of hydrogen-bond acceptors (Lipinski definition) is 8. The average Bonchev–Trinajstić information content (AvgIpc) is 3.58. The Morgan fingerprint density at radius 2 is 1.78 bits per heavy atom. The molecule has 0 radical (unpaired) electrons. The van der Waals surface area contributed by atoms with Crippen LogP contribution in [0.2, 0.25) is 0 Å². The molecule has 198 valence electrons. The van der Waals surface area contributed by atoms with Gasteiger partial charge in [-0.15, -0.1) is 0 Å². The van der Waals surface area contributed by atoms with Gasteiger partial charge in [-0.3, -0.25) is 0 Å². The Morgan fingerprint density at radius 1 is 1.00 bits per heavy atom. The van der Waals surface area contributed by atoms with E-state index in [4.69, 9.17) is 32.9 Å². The third kappa shape index (κ3) is 5.73.